The van der Waals surface area contributed by atoms with Crippen molar-refractivity contribution in [3.63, 3.8) is 0 Å². The molecule has 0 bridgehead atoms. The maximum absolute atomic E-state index is 12.0. The van der Waals surface area contributed by atoms with E-state index in [0.29, 0.717) is 11.7 Å². The second kappa shape index (κ2) is 5.33. The second-order valence-electron chi connectivity index (χ2n) is 4.82. The highest BCUT2D eigenvalue weighted by Crippen LogP contribution is 2.35. The Morgan fingerprint density at radius 3 is 3.11 bits per heavy atom. The van der Waals surface area contributed by atoms with Gasteiger partial charge in [-0.15, -0.1) is 11.8 Å². The number of carbonyl (C=O) groups excluding carboxylic acids is 1. The summed E-state index contributed by atoms with van der Waals surface area (Å²) in [6, 6.07) is 8.18. The third-order valence-corrected chi connectivity index (χ3v) is 4.64. The molecule has 2 aliphatic heterocycles. The molecule has 1 atom stereocenters. The number of hydrogen-bond acceptors (Lipinski definition) is 3. The van der Waals surface area contributed by atoms with Crippen LogP contribution in [-0.4, -0.2) is 31.4 Å². The molecule has 3 rings (SSSR count). The Kier molecular flexibility index (Phi) is 3.57. The van der Waals surface area contributed by atoms with Crippen molar-refractivity contribution in [2.45, 2.75) is 17.7 Å². The van der Waals surface area contributed by atoms with Crippen LogP contribution >= 0.6 is 11.8 Å². The Hall–Kier alpha value is -1.00. The Morgan fingerprint density at radius 2 is 2.28 bits per heavy atom. The number of anilines is 1. The molecule has 1 aromatic carbocycles. The maximum atomic E-state index is 12.0. The molecule has 1 amide bonds. The molecule has 0 radical (unpaired) electrons. The van der Waals surface area contributed by atoms with Gasteiger partial charge in [0.15, 0.2) is 0 Å². The van der Waals surface area contributed by atoms with Gasteiger partial charge < -0.3 is 9.64 Å². The van der Waals surface area contributed by atoms with Crippen LogP contribution in [0.3, 0.4) is 0 Å². The first kappa shape index (κ1) is 12.1. The first-order valence-electron chi connectivity index (χ1n) is 6.44. The summed E-state index contributed by atoms with van der Waals surface area (Å²) in [4.78, 5) is 15.2. The number of amides is 1. The van der Waals surface area contributed by atoms with Gasteiger partial charge in [-0.1, -0.05) is 12.1 Å². The van der Waals surface area contributed by atoms with Crippen LogP contribution in [0, 0.1) is 5.92 Å². The minimum absolute atomic E-state index is 0.234. The molecule has 1 unspecified atom stereocenters. The van der Waals surface area contributed by atoms with Crippen LogP contribution in [0.25, 0.3) is 0 Å². The van der Waals surface area contributed by atoms with E-state index >= 15 is 0 Å². The predicted molar refractivity (Wildman–Crippen MR) is 73.1 cm³/mol. The minimum Gasteiger partial charge on any atom is -0.381 e. The molecule has 1 saturated heterocycles. The van der Waals surface area contributed by atoms with Crippen LogP contribution in [-0.2, 0) is 9.53 Å². The van der Waals surface area contributed by atoms with Gasteiger partial charge in [0.2, 0.25) is 5.91 Å². The molecule has 0 saturated carbocycles. The number of carbonyl (C=O) groups is 1. The van der Waals surface area contributed by atoms with Gasteiger partial charge >= 0.3 is 0 Å². The highest BCUT2D eigenvalue weighted by Gasteiger charge is 2.25. The predicted octanol–water partition coefficient (Wildman–Crippen LogP) is 2.55. The zero-order valence-electron chi connectivity index (χ0n) is 10.3. The van der Waals surface area contributed by atoms with Gasteiger partial charge in [0, 0.05) is 24.7 Å². The summed E-state index contributed by atoms with van der Waals surface area (Å²) in [6.07, 6.45) is 2.18. The van der Waals surface area contributed by atoms with Gasteiger partial charge in [-0.25, -0.2) is 0 Å². The summed E-state index contributed by atoms with van der Waals surface area (Å²) >= 11 is 1.64. The summed E-state index contributed by atoms with van der Waals surface area (Å²) in [5.74, 6) is 1.43. The van der Waals surface area contributed by atoms with Crippen LogP contribution < -0.4 is 4.90 Å². The van der Waals surface area contributed by atoms with E-state index in [0.717, 1.165) is 38.3 Å². The normalized spacial score (nSPS) is 23.2. The molecule has 0 N–H and O–H groups in total. The van der Waals surface area contributed by atoms with Gasteiger partial charge in [0.05, 0.1) is 11.4 Å². The Morgan fingerprint density at radius 1 is 1.39 bits per heavy atom. The van der Waals surface area contributed by atoms with E-state index in [-0.39, 0.29) is 5.91 Å². The first-order chi connectivity index (χ1) is 8.84. The molecule has 1 aromatic rings. The van der Waals surface area contributed by atoms with Crippen molar-refractivity contribution in [1.82, 2.24) is 0 Å². The average molecular weight is 263 g/mol. The largest absolute Gasteiger partial charge is 0.381 e. The van der Waals surface area contributed by atoms with Gasteiger partial charge in [-0.05, 0) is 30.9 Å². The van der Waals surface area contributed by atoms with E-state index in [9.17, 15) is 4.79 Å². The maximum Gasteiger partial charge on any atom is 0.237 e. The van der Waals surface area contributed by atoms with Crippen molar-refractivity contribution in [2.24, 2.45) is 5.92 Å². The van der Waals surface area contributed by atoms with Crippen molar-refractivity contribution < 1.29 is 9.53 Å². The molecule has 96 valence electrons. The standard InChI is InChI=1S/C14H17NO2S/c16-14-10-18-13-4-2-1-3-12(13)15(14)7-5-11-6-8-17-9-11/h1-4,11H,5-10H2. The molecule has 4 heteroatoms. The Balaban J connectivity index is 1.71. The lowest BCUT2D eigenvalue weighted by Gasteiger charge is -2.29. The molecule has 0 aromatic heterocycles. The quantitative estimate of drug-likeness (QED) is 0.839. The summed E-state index contributed by atoms with van der Waals surface area (Å²) in [7, 11) is 0. The average Bonchev–Trinajstić information content (AvgIpc) is 2.91. The fourth-order valence-electron chi connectivity index (χ4n) is 2.52. The van der Waals surface area contributed by atoms with Crippen molar-refractivity contribution in [2.75, 3.05) is 30.4 Å². The lowest BCUT2D eigenvalue weighted by molar-refractivity contribution is -0.116. The van der Waals surface area contributed by atoms with E-state index in [1.54, 1.807) is 11.8 Å². The number of thioether (sulfide) groups is 1. The van der Waals surface area contributed by atoms with Crippen molar-refractivity contribution in [1.29, 1.82) is 0 Å². The number of fused-ring (bicyclic) bond motifs is 1. The summed E-state index contributed by atoms with van der Waals surface area (Å²) in [5.41, 5.74) is 1.08. The van der Waals surface area contributed by atoms with Crippen LogP contribution in [0.5, 0.6) is 0 Å². The lowest BCUT2D eigenvalue weighted by Crippen LogP contribution is -2.36. The highest BCUT2D eigenvalue weighted by molar-refractivity contribution is 8.00. The number of rotatable bonds is 3. The zero-order valence-corrected chi connectivity index (χ0v) is 11.1. The molecular weight excluding hydrogens is 246 g/mol. The summed E-state index contributed by atoms with van der Waals surface area (Å²) in [5, 5.41) is 0. The van der Waals surface area contributed by atoms with Gasteiger partial charge in [0.1, 0.15) is 0 Å². The minimum atomic E-state index is 0.234. The third-order valence-electron chi connectivity index (χ3n) is 3.59. The smallest absolute Gasteiger partial charge is 0.237 e. The first-order valence-corrected chi connectivity index (χ1v) is 7.43. The van der Waals surface area contributed by atoms with Gasteiger partial charge in [-0.3, -0.25) is 4.79 Å². The summed E-state index contributed by atoms with van der Waals surface area (Å²) in [6.45, 7) is 2.56. The molecule has 2 heterocycles. The van der Waals surface area contributed by atoms with Crippen LogP contribution in [0.1, 0.15) is 12.8 Å². The fourth-order valence-corrected chi connectivity index (χ4v) is 3.46. The third kappa shape index (κ3) is 2.40. The Labute approximate surface area is 111 Å². The molecule has 0 aliphatic carbocycles. The molecular formula is C14H17NO2S. The van der Waals surface area contributed by atoms with Crippen molar-refractivity contribution >= 4 is 23.4 Å². The molecule has 3 nitrogen and oxygen atoms in total. The topological polar surface area (TPSA) is 29.5 Å². The molecule has 0 spiro atoms. The number of para-hydroxylation sites is 1. The van der Waals surface area contributed by atoms with E-state index in [1.807, 2.05) is 23.1 Å². The van der Waals surface area contributed by atoms with E-state index in [4.69, 9.17) is 4.74 Å². The molecule has 18 heavy (non-hydrogen) atoms. The zero-order chi connectivity index (χ0) is 12.4. The van der Waals surface area contributed by atoms with E-state index < -0.39 is 0 Å². The van der Waals surface area contributed by atoms with Gasteiger partial charge in [0.25, 0.3) is 0 Å². The van der Waals surface area contributed by atoms with Crippen molar-refractivity contribution in [3.05, 3.63) is 24.3 Å². The number of ether oxygens (including phenoxy) is 1. The monoisotopic (exact) mass is 263 g/mol. The second-order valence-corrected chi connectivity index (χ2v) is 5.84. The van der Waals surface area contributed by atoms with Crippen LogP contribution in [0.2, 0.25) is 0 Å². The Bertz CT molecular complexity index is 443. The fraction of sp³-hybridized carbons (Fsp3) is 0.500. The number of nitrogens with zero attached hydrogens (tertiary/aromatic N) is 1. The lowest BCUT2D eigenvalue weighted by atomic mass is 10.0. The number of benzene rings is 1. The molecule has 2 aliphatic rings. The highest BCUT2D eigenvalue weighted by atomic mass is 32.2. The van der Waals surface area contributed by atoms with E-state index in [1.165, 1.54) is 4.90 Å². The SMILES string of the molecule is O=C1CSc2ccccc2N1CCC1CCOC1. The van der Waals surface area contributed by atoms with Gasteiger partial charge in [-0.2, -0.15) is 0 Å². The van der Waals surface area contributed by atoms with Crippen LogP contribution in [0.15, 0.2) is 29.2 Å². The number of hydrogen-bond donors (Lipinski definition) is 0. The summed E-state index contributed by atoms with van der Waals surface area (Å²) < 4.78 is 5.39. The molecule has 1 fully saturated rings. The van der Waals surface area contributed by atoms with E-state index in [2.05, 4.69) is 6.07 Å². The van der Waals surface area contributed by atoms with Crippen molar-refractivity contribution in [3.8, 4) is 0 Å². The van der Waals surface area contributed by atoms with Crippen LogP contribution in [0.4, 0.5) is 5.69 Å².